The lowest BCUT2D eigenvalue weighted by Crippen LogP contribution is -2.39. The average molecular weight is 347 g/mol. The van der Waals surface area contributed by atoms with Crippen molar-refractivity contribution in [3.63, 3.8) is 0 Å². The van der Waals surface area contributed by atoms with Crippen LogP contribution >= 0.6 is 0 Å². The van der Waals surface area contributed by atoms with Crippen molar-refractivity contribution in [2.45, 2.75) is 46.1 Å². The minimum absolute atomic E-state index is 0.400. The first kappa shape index (κ1) is 19.0. The Bertz CT molecular complexity index is 702. The maximum Gasteiger partial charge on any atom is 0.226 e. The summed E-state index contributed by atoms with van der Waals surface area (Å²) >= 11 is 0. The van der Waals surface area contributed by atoms with E-state index in [0.29, 0.717) is 17.6 Å². The van der Waals surface area contributed by atoms with Gasteiger partial charge in [0.2, 0.25) is 5.89 Å². The molecular weight excluding hydrogens is 318 g/mol. The fourth-order valence-electron chi connectivity index (χ4n) is 2.76. The lowest BCUT2D eigenvalue weighted by molar-refractivity contribution is 0.371. The number of guanidine groups is 1. The maximum absolute atomic E-state index is 5.12. The van der Waals surface area contributed by atoms with E-state index >= 15 is 0 Å². The van der Waals surface area contributed by atoms with Gasteiger partial charge in [0.1, 0.15) is 0 Å². The smallest absolute Gasteiger partial charge is 0.226 e. The van der Waals surface area contributed by atoms with Gasteiger partial charge in [0, 0.05) is 52.4 Å². The molecule has 0 aliphatic heterocycles. The Morgan fingerprint density at radius 2 is 2.20 bits per heavy atom. The van der Waals surface area contributed by atoms with E-state index in [0.717, 1.165) is 37.6 Å². The summed E-state index contributed by atoms with van der Waals surface area (Å²) in [5.74, 6) is 2.62. The second-order valence-electron chi connectivity index (χ2n) is 6.54. The summed E-state index contributed by atoms with van der Waals surface area (Å²) in [4.78, 5) is 10.7. The molecule has 0 spiro atoms. The largest absolute Gasteiger partial charge is 0.356 e. The van der Waals surface area contributed by atoms with Crippen LogP contribution in [0.2, 0.25) is 0 Å². The van der Waals surface area contributed by atoms with Crippen LogP contribution in [0.25, 0.3) is 0 Å². The second kappa shape index (κ2) is 8.64. The van der Waals surface area contributed by atoms with E-state index in [1.807, 2.05) is 25.7 Å². The van der Waals surface area contributed by atoms with Crippen LogP contribution in [0.3, 0.4) is 0 Å². The molecule has 2 aromatic rings. The average Bonchev–Trinajstić information content (AvgIpc) is 3.13. The summed E-state index contributed by atoms with van der Waals surface area (Å²) in [5, 5.41) is 11.7. The summed E-state index contributed by atoms with van der Waals surface area (Å²) in [6.07, 6.45) is 3.74. The lowest BCUT2D eigenvalue weighted by Gasteiger charge is -2.22. The quantitative estimate of drug-likeness (QED) is 0.468. The molecule has 0 atom stereocenters. The molecule has 0 aromatic carbocycles. The highest BCUT2D eigenvalue weighted by atomic mass is 16.5. The van der Waals surface area contributed by atoms with Crippen LogP contribution in [0, 0.1) is 6.92 Å². The minimum Gasteiger partial charge on any atom is -0.356 e. The van der Waals surface area contributed by atoms with E-state index in [1.54, 1.807) is 7.05 Å². The molecule has 2 heterocycles. The molecule has 8 heteroatoms. The predicted molar refractivity (Wildman–Crippen MR) is 97.5 cm³/mol. The zero-order valence-electron chi connectivity index (χ0n) is 16.1. The van der Waals surface area contributed by atoms with Crippen LogP contribution in [0.5, 0.6) is 0 Å². The molecule has 0 fully saturated rings. The number of aromatic nitrogens is 4. The normalized spacial score (nSPS) is 12.0. The van der Waals surface area contributed by atoms with E-state index < -0.39 is 0 Å². The first-order valence-corrected chi connectivity index (χ1v) is 8.64. The summed E-state index contributed by atoms with van der Waals surface area (Å²) < 4.78 is 7.00. The Kier molecular flexibility index (Phi) is 6.55. The Morgan fingerprint density at radius 3 is 2.80 bits per heavy atom. The van der Waals surface area contributed by atoms with Gasteiger partial charge in [0.25, 0.3) is 0 Å². The molecule has 138 valence electrons. The molecule has 1 N–H and O–H groups in total. The molecule has 0 saturated carbocycles. The summed E-state index contributed by atoms with van der Waals surface area (Å²) in [6.45, 7) is 7.72. The van der Waals surface area contributed by atoms with Crippen LogP contribution in [0.4, 0.5) is 0 Å². The van der Waals surface area contributed by atoms with Gasteiger partial charge in [0.05, 0.1) is 5.69 Å². The first-order chi connectivity index (χ1) is 11.9. The molecule has 0 bridgehead atoms. The molecular formula is C17H29N7O. The molecule has 2 rings (SSSR count). The van der Waals surface area contributed by atoms with Gasteiger partial charge in [-0.1, -0.05) is 19.0 Å². The van der Waals surface area contributed by atoms with Gasteiger partial charge in [-0.2, -0.15) is 10.1 Å². The third-order valence-electron chi connectivity index (χ3n) is 3.89. The van der Waals surface area contributed by atoms with Crippen LogP contribution < -0.4 is 5.32 Å². The number of nitrogens with one attached hydrogen (secondary N) is 1. The number of hydrogen-bond donors (Lipinski definition) is 1. The molecule has 0 amide bonds. The van der Waals surface area contributed by atoms with Crippen molar-refractivity contribution in [3.05, 3.63) is 29.2 Å². The van der Waals surface area contributed by atoms with E-state index in [9.17, 15) is 0 Å². The Morgan fingerprint density at radius 1 is 1.44 bits per heavy atom. The molecule has 2 aromatic heterocycles. The number of hydrogen-bond acceptors (Lipinski definition) is 5. The summed E-state index contributed by atoms with van der Waals surface area (Å²) in [6, 6.07) is 0. The van der Waals surface area contributed by atoms with Gasteiger partial charge in [-0.05, 0) is 19.3 Å². The number of nitrogens with zero attached hydrogens (tertiary/aromatic N) is 6. The van der Waals surface area contributed by atoms with Crippen molar-refractivity contribution in [1.29, 1.82) is 0 Å². The minimum atomic E-state index is 0.400. The topological polar surface area (TPSA) is 84.4 Å². The molecule has 8 nitrogen and oxygen atoms in total. The number of aliphatic imine (C=N–C) groups is 1. The van der Waals surface area contributed by atoms with E-state index in [1.165, 1.54) is 5.56 Å². The highest BCUT2D eigenvalue weighted by Crippen LogP contribution is 2.18. The van der Waals surface area contributed by atoms with Crippen LogP contribution in [-0.2, 0) is 20.0 Å². The molecule has 0 aliphatic rings. The Balaban J connectivity index is 1.85. The molecule has 0 aliphatic carbocycles. The summed E-state index contributed by atoms with van der Waals surface area (Å²) in [7, 11) is 5.79. The Labute approximate surface area is 149 Å². The predicted octanol–water partition coefficient (Wildman–Crippen LogP) is 1.87. The maximum atomic E-state index is 5.12. The fraction of sp³-hybridized carbons (Fsp3) is 0.647. The number of aryl methyl sites for hydroxylation is 3. The van der Waals surface area contributed by atoms with E-state index in [2.05, 4.69) is 50.5 Å². The summed E-state index contributed by atoms with van der Waals surface area (Å²) in [5.41, 5.74) is 2.36. The van der Waals surface area contributed by atoms with Gasteiger partial charge in [-0.15, -0.1) is 0 Å². The Hall–Kier alpha value is -2.38. The van der Waals surface area contributed by atoms with E-state index in [4.69, 9.17) is 4.52 Å². The van der Waals surface area contributed by atoms with Crippen LogP contribution in [-0.4, -0.2) is 51.4 Å². The van der Waals surface area contributed by atoms with Crippen molar-refractivity contribution in [2.24, 2.45) is 12.0 Å². The fourth-order valence-corrected chi connectivity index (χ4v) is 2.76. The molecule has 0 unspecified atom stereocenters. The van der Waals surface area contributed by atoms with Crippen molar-refractivity contribution >= 4 is 5.96 Å². The van der Waals surface area contributed by atoms with Crippen molar-refractivity contribution in [2.75, 3.05) is 20.6 Å². The van der Waals surface area contributed by atoms with Crippen molar-refractivity contribution < 1.29 is 4.52 Å². The first-order valence-electron chi connectivity index (χ1n) is 8.64. The van der Waals surface area contributed by atoms with Crippen LogP contribution in [0.1, 0.15) is 49.2 Å². The highest BCUT2D eigenvalue weighted by molar-refractivity contribution is 5.79. The molecule has 25 heavy (non-hydrogen) atoms. The number of rotatable bonds is 7. The van der Waals surface area contributed by atoms with Crippen molar-refractivity contribution in [3.8, 4) is 0 Å². The monoisotopic (exact) mass is 347 g/mol. The molecule has 0 saturated heterocycles. The second-order valence-corrected chi connectivity index (χ2v) is 6.54. The standard InChI is InChI=1S/C17H29N7O/c1-12(2)16-14(11-24(6)21-16)10-23(5)17(18-4)19-9-7-8-15-20-13(3)22-25-15/h11-12H,7-10H2,1-6H3,(H,18,19). The van der Waals surface area contributed by atoms with Gasteiger partial charge < -0.3 is 14.7 Å². The van der Waals surface area contributed by atoms with Gasteiger partial charge in [-0.25, -0.2) is 0 Å². The van der Waals surface area contributed by atoms with Crippen molar-refractivity contribution in [1.82, 2.24) is 30.1 Å². The zero-order chi connectivity index (χ0) is 18.4. The zero-order valence-corrected chi connectivity index (χ0v) is 16.1. The van der Waals surface area contributed by atoms with Gasteiger partial charge >= 0.3 is 0 Å². The van der Waals surface area contributed by atoms with Gasteiger partial charge in [-0.3, -0.25) is 9.67 Å². The highest BCUT2D eigenvalue weighted by Gasteiger charge is 2.15. The third-order valence-corrected chi connectivity index (χ3v) is 3.89. The molecule has 0 radical (unpaired) electrons. The van der Waals surface area contributed by atoms with E-state index in [-0.39, 0.29) is 0 Å². The SMILES string of the molecule is CN=C(NCCCc1nc(C)no1)N(C)Cc1cn(C)nc1C(C)C. The lowest BCUT2D eigenvalue weighted by atomic mass is 10.1. The van der Waals surface area contributed by atoms with Gasteiger partial charge in [0.15, 0.2) is 11.8 Å². The van der Waals surface area contributed by atoms with Crippen LogP contribution in [0.15, 0.2) is 15.7 Å². The third kappa shape index (κ3) is 5.30.